The van der Waals surface area contributed by atoms with Gasteiger partial charge < -0.3 is 0 Å². The van der Waals surface area contributed by atoms with Crippen molar-refractivity contribution < 1.29 is 8.78 Å². The number of rotatable bonds is 4. The zero-order valence-corrected chi connectivity index (χ0v) is 11.5. The summed E-state index contributed by atoms with van der Waals surface area (Å²) in [7, 11) is 0. The Kier molecular flexibility index (Phi) is 4.06. The van der Waals surface area contributed by atoms with Gasteiger partial charge in [0.1, 0.15) is 29.2 Å². The number of aromatic nitrogens is 3. The van der Waals surface area contributed by atoms with Gasteiger partial charge in [-0.1, -0.05) is 6.07 Å². The lowest BCUT2D eigenvalue weighted by atomic mass is 9.94. The van der Waals surface area contributed by atoms with E-state index in [4.69, 9.17) is 23.2 Å². The van der Waals surface area contributed by atoms with E-state index in [1.807, 2.05) is 0 Å². The van der Waals surface area contributed by atoms with Gasteiger partial charge in [-0.3, -0.25) is 4.68 Å². The molecule has 1 aromatic heterocycles. The van der Waals surface area contributed by atoms with E-state index in [0.29, 0.717) is 0 Å². The zero-order valence-electron chi connectivity index (χ0n) is 10.0. The molecule has 0 aliphatic carbocycles. The van der Waals surface area contributed by atoms with Crippen LogP contribution in [0.4, 0.5) is 8.78 Å². The van der Waals surface area contributed by atoms with Crippen LogP contribution in [0.25, 0.3) is 0 Å². The minimum atomic E-state index is -1.24. The zero-order chi connectivity index (χ0) is 14.0. The fraction of sp³-hybridized carbons (Fsp3) is 0.333. The summed E-state index contributed by atoms with van der Waals surface area (Å²) in [5.41, 5.74) is 0.133. The molecule has 0 saturated heterocycles. The second-order valence-electron chi connectivity index (χ2n) is 4.20. The summed E-state index contributed by atoms with van der Waals surface area (Å²) in [5.74, 6) is -1.40. The third-order valence-electron chi connectivity index (χ3n) is 2.87. The maximum Gasteiger partial charge on any atom is 0.137 e. The fourth-order valence-corrected chi connectivity index (χ4v) is 2.26. The lowest BCUT2D eigenvalue weighted by Crippen LogP contribution is -2.34. The Morgan fingerprint density at radius 1 is 1.42 bits per heavy atom. The summed E-state index contributed by atoms with van der Waals surface area (Å²) in [6, 6.07) is 3.23. The summed E-state index contributed by atoms with van der Waals surface area (Å²) in [4.78, 5) is 2.55. The minimum absolute atomic E-state index is 0.127. The van der Waals surface area contributed by atoms with Gasteiger partial charge in [-0.25, -0.2) is 13.8 Å². The molecule has 0 aliphatic heterocycles. The topological polar surface area (TPSA) is 30.7 Å². The molecule has 0 bridgehead atoms. The van der Waals surface area contributed by atoms with Crippen molar-refractivity contribution in [1.82, 2.24) is 14.8 Å². The molecule has 19 heavy (non-hydrogen) atoms. The van der Waals surface area contributed by atoms with Crippen molar-refractivity contribution in [3.05, 3.63) is 48.1 Å². The summed E-state index contributed by atoms with van der Waals surface area (Å²) >= 11 is 12.6. The molecule has 102 valence electrons. The highest BCUT2D eigenvalue weighted by molar-refractivity contribution is 6.32. The Morgan fingerprint density at radius 3 is 2.68 bits per heavy atom. The summed E-state index contributed by atoms with van der Waals surface area (Å²) in [6.07, 6.45) is 2.80. The van der Waals surface area contributed by atoms with Gasteiger partial charge in [-0.15, -0.1) is 23.2 Å². The lowest BCUT2D eigenvalue weighted by Gasteiger charge is -2.30. The monoisotopic (exact) mass is 305 g/mol. The average Bonchev–Trinajstić information content (AvgIpc) is 2.81. The van der Waals surface area contributed by atoms with Gasteiger partial charge in [0.25, 0.3) is 0 Å². The first-order valence-electron chi connectivity index (χ1n) is 5.54. The van der Waals surface area contributed by atoms with Crippen LogP contribution >= 0.6 is 23.2 Å². The van der Waals surface area contributed by atoms with Gasteiger partial charge in [-0.05, 0) is 13.0 Å². The van der Waals surface area contributed by atoms with E-state index in [0.717, 1.165) is 12.1 Å². The van der Waals surface area contributed by atoms with Crippen LogP contribution in [0.1, 0.15) is 12.5 Å². The van der Waals surface area contributed by atoms with Crippen LogP contribution in [0.2, 0.25) is 0 Å². The molecule has 0 radical (unpaired) electrons. The Bertz CT molecular complexity index is 560. The van der Waals surface area contributed by atoms with Gasteiger partial charge in [0.2, 0.25) is 0 Å². The Labute approximate surface area is 119 Å². The van der Waals surface area contributed by atoms with Crippen molar-refractivity contribution in [3.8, 4) is 0 Å². The number of benzene rings is 1. The highest BCUT2D eigenvalue weighted by Gasteiger charge is 2.38. The quantitative estimate of drug-likeness (QED) is 0.811. The molecule has 0 amide bonds. The first-order chi connectivity index (χ1) is 8.93. The molecule has 0 aliphatic rings. The third-order valence-corrected chi connectivity index (χ3v) is 4.00. The average molecular weight is 306 g/mol. The molecule has 0 fully saturated rings. The molecule has 3 nitrogen and oxygen atoms in total. The van der Waals surface area contributed by atoms with Crippen molar-refractivity contribution in [1.29, 1.82) is 0 Å². The van der Waals surface area contributed by atoms with Crippen LogP contribution in [0.3, 0.4) is 0 Å². The smallest absolute Gasteiger partial charge is 0.137 e. The molecule has 1 aromatic carbocycles. The van der Waals surface area contributed by atoms with Gasteiger partial charge in [0.05, 0.1) is 11.9 Å². The van der Waals surface area contributed by atoms with E-state index in [1.165, 1.54) is 23.4 Å². The van der Waals surface area contributed by atoms with Crippen molar-refractivity contribution >= 4 is 23.2 Å². The van der Waals surface area contributed by atoms with Crippen molar-refractivity contribution in [2.75, 3.05) is 0 Å². The molecule has 1 heterocycles. The second-order valence-corrected chi connectivity index (χ2v) is 5.52. The van der Waals surface area contributed by atoms with Crippen LogP contribution in [-0.2, 0) is 11.4 Å². The van der Waals surface area contributed by atoms with Gasteiger partial charge in [0.15, 0.2) is 0 Å². The van der Waals surface area contributed by atoms with Crippen molar-refractivity contribution in [2.24, 2.45) is 0 Å². The fourth-order valence-electron chi connectivity index (χ4n) is 1.80. The minimum Gasteiger partial charge on any atom is -0.251 e. The normalized spacial score (nSPS) is 16.1. The maximum absolute atomic E-state index is 13.9. The Morgan fingerprint density at radius 2 is 2.16 bits per heavy atom. The largest absolute Gasteiger partial charge is 0.251 e. The standard InChI is InChI=1S/C12H11Cl2F2N3/c1-8(13)12(14,5-19-7-17-6-18-19)10-3-2-9(15)4-11(10)16/h2-4,6-8H,5H2,1H3/t8-,12-/m1/s1. The summed E-state index contributed by atoms with van der Waals surface area (Å²) < 4.78 is 28.3. The maximum atomic E-state index is 13.9. The molecule has 2 atom stereocenters. The second kappa shape index (κ2) is 5.43. The Hall–Kier alpha value is -1.20. The highest BCUT2D eigenvalue weighted by atomic mass is 35.5. The van der Waals surface area contributed by atoms with Crippen molar-refractivity contribution in [3.63, 3.8) is 0 Å². The molecule has 2 rings (SSSR count). The molecule has 0 N–H and O–H groups in total. The molecule has 7 heteroatoms. The number of hydrogen-bond donors (Lipinski definition) is 0. The molecule has 0 unspecified atom stereocenters. The van der Waals surface area contributed by atoms with Crippen LogP contribution in [0.5, 0.6) is 0 Å². The summed E-state index contributed by atoms with van der Waals surface area (Å²) in [6.45, 7) is 1.77. The lowest BCUT2D eigenvalue weighted by molar-refractivity contribution is 0.437. The predicted molar refractivity (Wildman–Crippen MR) is 69.2 cm³/mol. The SMILES string of the molecule is C[C@@H](Cl)[C@](Cl)(Cn1cncn1)c1ccc(F)cc1F. The van der Waals surface area contributed by atoms with Crippen LogP contribution in [0, 0.1) is 11.6 Å². The van der Waals surface area contributed by atoms with Crippen LogP contribution in [-0.4, -0.2) is 20.1 Å². The summed E-state index contributed by atoms with van der Waals surface area (Å²) in [5, 5.41) is 3.32. The number of alkyl halides is 2. The van der Waals surface area contributed by atoms with E-state index in [9.17, 15) is 8.78 Å². The van der Waals surface area contributed by atoms with Gasteiger partial charge in [0, 0.05) is 11.6 Å². The third kappa shape index (κ3) is 2.87. The molecule has 0 saturated carbocycles. The Balaban J connectivity index is 2.43. The predicted octanol–water partition coefficient (Wildman–Crippen LogP) is 3.32. The first-order valence-corrected chi connectivity index (χ1v) is 6.36. The number of hydrogen-bond acceptors (Lipinski definition) is 2. The highest BCUT2D eigenvalue weighted by Crippen LogP contribution is 2.39. The van der Waals surface area contributed by atoms with Gasteiger partial charge >= 0.3 is 0 Å². The van der Waals surface area contributed by atoms with Crippen molar-refractivity contribution in [2.45, 2.75) is 23.7 Å². The van der Waals surface area contributed by atoms with E-state index < -0.39 is 21.9 Å². The molecule has 0 spiro atoms. The van der Waals surface area contributed by atoms with E-state index in [1.54, 1.807) is 6.92 Å². The molecular weight excluding hydrogens is 295 g/mol. The molecular formula is C12H11Cl2F2N3. The van der Waals surface area contributed by atoms with E-state index >= 15 is 0 Å². The number of halogens is 4. The van der Waals surface area contributed by atoms with E-state index in [2.05, 4.69) is 10.1 Å². The van der Waals surface area contributed by atoms with Crippen LogP contribution < -0.4 is 0 Å². The number of nitrogens with zero attached hydrogens (tertiary/aromatic N) is 3. The van der Waals surface area contributed by atoms with Crippen LogP contribution in [0.15, 0.2) is 30.9 Å². The molecule has 2 aromatic rings. The first kappa shape index (κ1) is 14.2. The van der Waals surface area contributed by atoms with Gasteiger partial charge in [-0.2, -0.15) is 5.10 Å². The van der Waals surface area contributed by atoms with E-state index in [-0.39, 0.29) is 12.1 Å².